The number of rotatable bonds is 6. The molecule has 0 aromatic heterocycles. The van der Waals surface area contributed by atoms with Crippen molar-refractivity contribution in [1.82, 2.24) is 0 Å². The molecule has 0 saturated carbocycles. The standard InChI is InChI=1S/C22H17ClN2O2S/c23-18-13-11-17(12-14-18)21(26)20(25-27)22(24-19-9-5-2-6-10-19)28-15-16-7-3-1-4-8-16/h1-14,27H,15H2/b24-22?,25-20+. The molecule has 0 atom stereocenters. The molecule has 0 heterocycles. The van der Waals surface area contributed by atoms with Crippen LogP contribution in [0.15, 0.2) is 95.1 Å². The quantitative estimate of drug-likeness (QED) is 0.178. The molecule has 0 aliphatic carbocycles. The molecule has 1 N–H and O–H groups in total. The number of ketones is 1. The van der Waals surface area contributed by atoms with Crippen molar-refractivity contribution >= 4 is 45.6 Å². The van der Waals surface area contributed by atoms with Gasteiger partial charge in [-0.25, -0.2) is 4.99 Å². The number of thioether (sulfide) groups is 1. The van der Waals surface area contributed by atoms with Gasteiger partial charge in [-0.3, -0.25) is 4.79 Å². The first-order valence-electron chi connectivity index (χ1n) is 8.50. The van der Waals surface area contributed by atoms with E-state index in [1.54, 1.807) is 24.3 Å². The zero-order chi connectivity index (χ0) is 19.8. The van der Waals surface area contributed by atoms with Gasteiger partial charge in [-0.15, -0.1) is 0 Å². The average Bonchev–Trinajstić information content (AvgIpc) is 2.74. The first-order chi connectivity index (χ1) is 13.7. The molecule has 3 rings (SSSR count). The molecule has 0 radical (unpaired) electrons. The van der Waals surface area contributed by atoms with Crippen molar-refractivity contribution in [2.75, 3.05) is 0 Å². The maximum absolute atomic E-state index is 12.9. The van der Waals surface area contributed by atoms with Gasteiger partial charge in [-0.1, -0.05) is 77.0 Å². The zero-order valence-corrected chi connectivity index (χ0v) is 16.4. The number of nitrogens with zero attached hydrogens (tertiary/aromatic N) is 2. The summed E-state index contributed by atoms with van der Waals surface area (Å²) in [4.78, 5) is 17.5. The van der Waals surface area contributed by atoms with Crippen LogP contribution in [0.4, 0.5) is 5.69 Å². The number of Topliss-reactive ketones (excluding diaryl/α,β-unsaturated/α-hetero) is 1. The lowest BCUT2D eigenvalue weighted by molar-refractivity contribution is 0.106. The van der Waals surface area contributed by atoms with Gasteiger partial charge in [0.2, 0.25) is 5.78 Å². The van der Waals surface area contributed by atoms with E-state index in [1.165, 1.54) is 11.8 Å². The third-order valence-electron chi connectivity index (χ3n) is 3.83. The fourth-order valence-corrected chi connectivity index (χ4v) is 3.48. The molecular weight excluding hydrogens is 392 g/mol. The summed E-state index contributed by atoms with van der Waals surface area (Å²) in [5.74, 6) is 0.161. The van der Waals surface area contributed by atoms with Crippen molar-refractivity contribution in [3.8, 4) is 0 Å². The lowest BCUT2D eigenvalue weighted by Gasteiger charge is -2.09. The molecule has 0 fully saturated rings. The predicted octanol–water partition coefficient (Wildman–Crippen LogP) is 6.02. The number of para-hydroxylation sites is 1. The van der Waals surface area contributed by atoms with Crippen LogP contribution in [0.1, 0.15) is 15.9 Å². The van der Waals surface area contributed by atoms with Crippen molar-refractivity contribution in [2.45, 2.75) is 5.75 Å². The minimum Gasteiger partial charge on any atom is -0.410 e. The highest BCUT2D eigenvalue weighted by Gasteiger charge is 2.22. The Kier molecular flexibility index (Phi) is 7.00. The van der Waals surface area contributed by atoms with Crippen molar-refractivity contribution < 1.29 is 10.0 Å². The molecule has 0 saturated heterocycles. The predicted molar refractivity (Wildman–Crippen MR) is 116 cm³/mol. The summed E-state index contributed by atoms with van der Waals surface area (Å²) in [7, 11) is 0. The third-order valence-corrected chi connectivity index (χ3v) is 5.12. The first kappa shape index (κ1) is 19.9. The summed E-state index contributed by atoms with van der Waals surface area (Å²) in [5, 5.41) is 13.8. The Morgan fingerprint density at radius 1 is 0.893 bits per heavy atom. The molecule has 0 amide bonds. The van der Waals surface area contributed by atoms with Crippen molar-refractivity contribution in [1.29, 1.82) is 0 Å². The van der Waals surface area contributed by atoms with Crippen LogP contribution in [0.25, 0.3) is 0 Å². The van der Waals surface area contributed by atoms with Crippen LogP contribution in [0.5, 0.6) is 0 Å². The van der Waals surface area contributed by atoms with Gasteiger partial charge >= 0.3 is 0 Å². The largest absolute Gasteiger partial charge is 0.410 e. The highest BCUT2D eigenvalue weighted by Crippen LogP contribution is 2.21. The number of aliphatic imine (C=N–C) groups is 1. The second-order valence-electron chi connectivity index (χ2n) is 5.81. The minimum atomic E-state index is -0.422. The fourth-order valence-electron chi connectivity index (χ4n) is 2.42. The van der Waals surface area contributed by atoms with Crippen LogP contribution in [0.2, 0.25) is 5.02 Å². The molecule has 4 nitrogen and oxygen atoms in total. The van der Waals surface area contributed by atoms with Crippen LogP contribution in [-0.4, -0.2) is 21.7 Å². The van der Waals surface area contributed by atoms with Crippen LogP contribution in [0.3, 0.4) is 0 Å². The number of benzene rings is 3. The second kappa shape index (κ2) is 9.88. The Morgan fingerprint density at radius 2 is 1.50 bits per heavy atom. The SMILES string of the molecule is O=C(/C(=N\O)C(=Nc1ccccc1)SCc1ccccc1)c1ccc(Cl)cc1. The molecular formula is C22H17ClN2O2S. The van der Waals surface area contributed by atoms with E-state index in [1.807, 2.05) is 60.7 Å². The van der Waals surface area contributed by atoms with E-state index in [-0.39, 0.29) is 5.71 Å². The van der Waals surface area contributed by atoms with Crippen molar-refractivity contribution in [2.24, 2.45) is 10.1 Å². The van der Waals surface area contributed by atoms with Gasteiger partial charge in [0.25, 0.3) is 0 Å². The Bertz CT molecular complexity index is 988. The number of halogens is 1. The number of carbonyl (C=O) groups excluding carboxylic acids is 1. The van der Waals surface area contributed by atoms with Gasteiger partial charge in [-0.05, 0) is 42.0 Å². The summed E-state index contributed by atoms with van der Waals surface area (Å²) in [6.45, 7) is 0. The average molecular weight is 409 g/mol. The van der Waals surface area contributed by atoms with E-state index in [2.05, 4.69) is 10.1 Å². The van der Waals surface area contributed by atoms with Gasteiger partial charge in [0.1, 0.15) is 5.04 Å². The molecule has 28 heavy (non-hydrogen) atoms. The molecule has 3 aromatic rings. The Hall–Kier alpha value is -2.89. The fraction of sp³-hybridized carbons (Fsp3) is 0.0455. The van der Waals surface area contributed by atoms with Gasteiger partial charge in [0.05, 0.1) is 5.69 Å². The normalized spacial score (nSPS) is 12.0. The molecule has 6 heteroatoms. The smallest absolute Gasteiger partial charge is 0.217 e. The maximum atomic E-state index is 12.9. The third kappa shape index (κ3) is 5.31. The molecule has 3 aromatic carbocycles. The second-order valence-corrected chi connectivity index (χ2v) is 7.21. The Morgan fingerprint density at radius 3 is 2.11 bits per heavy atom. The van der Waals surface area contributed by atoms with Gasteiger partial charge in [0, 0.05) is 16.3 Å². The summed E-state index contributed by atoms with van der Waals surface area (Å²) in [6.07, 6.45) is 0. The lowest BCUT2D eigenvalue weighted by Crippen LogP contribution is -2.22. The maximum Gasteiger partial charge on any atom is 0.217 e. The Balaban J connectivity index is 1.92. The molecule has 0 unspecified atom stereocenters. The molecule has 140 valence electrons. The summed E-state index contributed by atoms with van der Waals surface area (Å²) >= 11 is 7.24. The van der Waals surface area contributed by atoms with Gasteiger partial charge in [0.15, 0.2) is 5.71 Å². The molecule has 0 bridgehead atoms. The van der Waals surface area contributed by atoms with E-state index < -0.39 is 5.78 Å². The van der Waals surface area contributed by atoms with E-state index in [9.17, 15) is 10.0 Å². The van der Waals surface area contributed by atoms with Gasteiger partial charge in [-0.2, -0.15) is 0 Å². The van der Waals surface area contributed by atoms with Crippen LogP contribution in [-0.2, 0) is 5.75 Å². The highest BCUT2D eigenvalue weighted by molar-refractivity contribution is 8.15. The van der Waals surface area contributed by atoms with Crippen LogP contribution in [0, 0.1) is 0 Å². The molecule has 0 spiro atoms. The van der Waals surface area contributed by atoms with Crippen molar-refractivity contribution in [3.63, 3.8) is 0 Å². The minimum absolute atomic E-state index is 0.105. The lowest BCUT2D eigenvalue weighted by atomic mass is 10.1. The Labute approximate surface area is 172 Å². The van der Waals surface area contributed by atoms with Crippen LogP contribution >= 0.6 is 23.4 Å². The number of carbonyl (C=O) groups is 1. The topological polar surface area (TPSA) is 62.0 Å². The van der Waals surface area contributed by atoms with Gasteiger partial charge < -0.3 is 5.21 Å². The summed E-state index contributed by atoms with van der Waals surface area (Å²) < 4.78 is 0. The number of oxime groups is 1. The first-order valence-corrected chi connectivity index (χ1v) is 9.87. The van der Waals surface area contributed by atoms with E-state index in [0.717, 1.165) is 5.56 Å². The highest BCUT2D eigenvalue weighted by atomic mass is 35.5. The number of hydrogen-bond acceptors (Lipinski definition) is 5. The number of hydrogen-bond donors (Lipinski definition) is 1. The zero-order valence-electron chi connectivity index (χ0n) is 14.8. The van der Waals surface area contributed by atoms with E-state index in [4.69, 9.17) is 11.6 Å². The van der Waals surface area contributed by atoms with Crippen molar-refractivity contribution in [3.05, 3.63) is 101 Å². The van der Waals surface area contributed by atoms with E-state index in [0.29, 0.717) is 27.1 Å². The molecule has 0 aliphatic rings. The summed E-state index contributed by atoms with van der Waals surface area (Å²) in [6, 6.07) is 25.5. The molecule has 0 aliphatic heterocycles. The monoisotopic (exact) mass is 408 g/mol. The van der Waals surface area contributed by atoms with Crippen LogP contribution < -0.4 is 0 Å². The summed E-state index contributed by atoms with van der Waals surface area (Å²) in [5.41, 5.74) is 2.01. The van der Waals surface area contributed by atoms with E-state index >= 15 is 0 Å².